The zero-order chi connectivity index (χ0) is 78.9. The van der Waals surface area contributed by atoms with Gasteiger partial charge in [0.05, 0.1) is 15.6 Å². The Morgan fingerprint density at radius 3 is 1.27 bits per heavy atom. The second kappa shape index (κ2) is 49.7. The maximum atomic E-state index is 5.12. The fourth-order valence-electron chi connectivity index (χ4n) is 10.5. The molecule has 4 aromatic carbocycles. The van der Waals surface area contributed by atoms with Gasteiger partial charge in [-0.3, -0.25) is 4.98 Å². The topological polar surface area (TPSA) is 64.7 Å². The van der Waals surface area contributed by atoms with Crippen molar-refractivity contribution in [3.8, 4) is 20.9 Å². The molecule has 570 valence electrons. The van der Waals surface area contributed by atoms with E-state index in [2.05, 4.69) is 305 Å². The minimum absolute atomic E-state index is 0.822. The molecule has 5 nitrogen and oxygen atoms in total. The van der Waals surface area contributed by atoms with Gasteiger partial charge in [-0.25, -0.2) is 15.0 Å². The lowest BCUT2D eigenvalue weighted by Gasteiger charge is -2.01. The largest absolute Gasteiger partial charge is 0.446 e. The Morgan fingerprint density at radius 2 is 0.778 bits per heavy atom. The average Bonchev–Trinajstić information content (AvgIpc) is 1.61. The van der Waals surface area contributed by atoms with Crippen molar-refractivity contribution in [3.05, 3.63) is 315 Å². The van der Waals surface area contributed by atoms with E-state index in [1.54, 1.807) is 6.20 Å². The molecule has 0 saturated carbocycles. The number of aromatic nitrogens is 4. The lowest BCUT2D eigenvalue weighted by atomic mass is 10.0. The van der Waals surface area contributed by atoms with Crippen molar-refractivity contribution in [3.63, 3.8) is 0 Å². The van der Waals surface area contributed by atoms with Crippen molar-refractivity contribution in [1.29, 1.82) is 0 Å². The highest BCUT2D eigenvalue weighted by atomic mass is 32.1. The van der Waals surface area contributed by atoms with Crippen LogP contribution in [0.1, 0.15) is 198 Å². The van der Waals surface area contributed by atoms with E-state index >= 15 is 0 Å². The summed E-state index contributed by atoms with van der Waals surface area (Å²) in [6.07, 6.45) is 21.5. The molecule has 2 aliphatic carbocycles. The molecule has 9 heterocycles. The SMILES string of the molecule is CC.CC.CCc1cc2ccc(C)ccc-2c1.CCc1cc2sc3cc(C)sc3c2s1.CCc1ccc(-c2ccc(C)s2)s1.CCc1ccc(/C=C/c2ccc(C)cc2)cc1.CCc1ccc(C)nc1.CCc1ccc(C)s1.CCc1ccc2cc(C)ccc2c1.CCc1cnc(C)nc1.CCc1ncc(C)o1. The Morgan fingerprint density at radius 1 is 0.306 bits per heavy atom. The van der Waals surface area contributed by atoms with Crippen LogP contribution in [0.3, 0.4) is 0 Å². The first-order valence-electron chi connectivity index (χ1n) is 38.8. The number of thiophene rings is 6. The van der Waals surface area contributed by atoms with Crippen LogP contribution in [0.25, 0.3) is 62.6 Å². The zero-order valence-corrected chi connectivity index (χ0v) is 73.7. The maximum Gasteiger partial charge on any atom is 0.194 e. The molecule has 13 aromatic rings. The minimum atomic E-state index is 0.822. The first kappa shape index (κ1) is 90.4. The Kier molecular flexibility index (Phi) is 41.6. The summed E-state index contributed by atoms with van der Waals surface area (Å²) in [5, 5.41) is 2.70. The standard InChI is InChI=1S/C17H18.2C13H14.C11H10S3.C11H12S2.C8H11N.C7H10N2.C7H10S.C6H9NO.2C2H6/c1-3-15-8-10-17(11-9-15)13-12-16-6-4-14(2)5-7-16;1-3-11-5-7-12-8-10(2)4-6-13(12)9-11;1-3-11-8-12-6-4-10(2)5-7-13(12)9-11;1-3-7-5-9-11(13-7)10-8(14-9)4-6(2)12-10;1-3-9-5-7-11(13-9)10-6-4-8(2)12-10;1-3-8-5-4-7(2)9-6-8;1-3-7-4-8-6(2)9-5-7;1-3-7-5-4-6(2)8-7;1-3-6-7-4-5(2)8-6;2*1-2/h4-13H,3H2,1-2H3;2*4-9H,3H2,1-2H3;4-5H,3H2,1-2H3;4-7H,3H2,1-2H3;4-6H,3H2,1-2H3;4-5H,3H2,1-2H3;4-5H,3H2,1-2H3;4H,3H2,1-2H3;2*1-2H3/b13-12+;;;;;;;;;;. The lowest BCUT2D eigenvalue weighted by molar-refractivity contribution is 0.477. The molecule has 0 bridgehead atoms. The molecule has 0 N–H and O–H groups in total. The van der Waals surface area contributed by atoms with Gasteiger partial charge in [-0.1, -0.05) is 246 Å². The van der Waals surface area contributed by atoms with Crippen LogP contribution >= 0.6 is 68.0 Å². The van der Waals surface area contributed by atoms with Gasteiger partial charge in [0.2, 0.25) is 0 Å². The van der Waals surface area contributed by atoms with Crippen LogP contribution in [-0.4, -0.2) is 19.9 Å². The van der Waals surface area contributed by atoms with Gasteiger partial charge in [0, 0.05) is 79.1 Å². The fraction of sp³-hybridized carbons (Fsp3) is 0.320. The number of aryl methyl sites for hydroxylation is 18. The van der Waals surface area contributed by atoms with E-state index < -0.39 is 0 Å². The van der Waals surface area contributed by atoms with Gasteiger partial charge in [-0.2, -0.15) is 0 Å². The van der Waals surface area contributed by atoms with Crippen molar-refractivity contribution in [2.24, 2.45) is 0 Å². The Hall–Kier alpha value is -8.26. The van der Waals surface area contributed by atoms with Gasteiger partial charge in [-0.15, -0.1) is 68.0 Å². The van der Waals surface area contributed by atoms with Crippen LogP contribution in [0.15, 0.2) is 211 Å². The highest BCUT2D eigenvalue weighted by Gasteiger charge is 2.11. The third-order valence-corrected chi connectivity index (χ3v) is 24.4. The van der Waals surface area contributed by atoms with Crippen molar-refractivity contribution in [2.45, 2.75) is 210 Å². The van der Waals surface area contributed by atoms with E-state index in [1.807, 2.05) is 148 Å². The number of hydrogen-bond donors (Lipinski definition) is 0. The summed E-state index contributed by atoms with van der Waals surface area (Å²) in [7, 11) is 0. The molecule has 108 heavy (non-hydrogen) atoms. The third-order valence-electron chi connectivity index (χ3n) is 17.0. The monoisotopic (exact) mass is 1550 g/mol. The summed E-state index contributed by atoms with van der Waals surface area (Å²) >= 11 is 11.5. The van der Waals surface area contributed by atoms with E-state index in [1.165, 1.54) is 142 Å². The number of pyridine rings is 1. The highest BCUT2D eigenvalue weighted by Crippen LogP contribution is 2.43. The summed E-state index contributed by atoms with van der Waals surface area (Å²) in [5.74, 6) is 2.55. The lowest BCUT2D eigenvalue weighted by Crippen LogP contribution is -1.88. The second-order valence-corrected chi connectivity index (χ2v) is 32.9. The number of rotatable bonds is 12. The van der Waals surface area contributed by atoms with E-state index in [9.17, 15) is 0 Å². The predicted molar refractivity (Wildman–Crippen MR) is 488 cm³/mol. The second-order valence-electron chi connectivity index (χ2n) is 25.6. The minimum Gasteiger partial charge on any atom is -0.446 e. The van der Waals surface area contributed by atoms with Crippen LogP contribution in [-0.2, 0) is 57.8 Å². The molecule has 0 atom stereocenters. The summed E-state index contributed by atoms with van der Waals surface area (Å²) in [6, 6.07) is 65.9. The van der Waals surface area contributed by atoms with Crippen LogP contribution in [0.2, 0.25) is 0 Å². The number of oxazole rings is 1. The molecule has 0 saturated heterocycles. The van der Waals surface area contributed by atoms with Gasteiger partial charge in [0.25, 0.3) is 0 Å². The molecule has 11 heteroatoms. The van der Waals surface area contributed by atoms with Gasteiger partial charge in [-0.05, 0) is 229 Å². The van der Waals surface area contributed by atoms with Crippen molar-refractivity contribution < 1.29 is 4.42 Å². The van der Waals surface area contributed by atoms with E-state index in [-0.39, 0.29) is 0 Å². The normalized spacial score (nSPS) is 10.2. The van der Waals surface area contributed by atoms with Gasteiger partial charge in [0.15, 0.2) is 5.89 Å². The molecule has 0 aliphatic heterocycles. The zero-order valence-electron chi connectivity index (χ0n) is 68.8. The predicted octanol–water partition coefficient (Wildman–Crippen LogP) is 31.0. The number of fused-ring (bicyclic) bond motifs is 5. The number of hydrogen-bond acceptors (Lipinski definition) is 11. The van der Waals surface area contributed by atoms with Gasteiger partial charge < -0.3 is 4.42 Å². The molecule has 0 radical (unpaired) electrons. The fourth-order valence-corrected chi connectivity index (χ4v) is 17.1. The number of benzene rings is 4. The molecular formula is C97H120N4OS6. The van der Waals surface area contributed by atoms with Crippen molar-refractivity contribution >= 4 is 110 Å². The Labute approximate surface area is 674 Å². The van der Waals surface area contributed by atoms with Crippen molar-refractivity contribution in [1.82, 2.24) is 19.9 Å². The maximum absolute atomic E-state index is 5.12. The van der Waals surface area contributed by atoms with Crippen LogP contribution in [0, 0.1) is 62.3 Å². The molecule has 9 aromatic heterocycles. The summed E-state index contributed by atoms with van der Waals surface area (Å²) < 4.78 is 11.1. The van der Waals surface area contributed by atoms with E-state index in [4.69, 9.17) is 4.42 Å². The summed E-state index contributed by atoms with van der Waals surface area (Å²) in [5.41, 5.74) is 17.0. The highest BCUT2D eigenvalue weighted by molar-refractivity contribution is 7.38. The molecule has 0 fully saturated rings. The summed E-state index contributed by atoms with van der Waals surface area (Å²) in [4.78, 5) is 27.7. The van der Waals surface area contributed by atoms with E-state index in [0.717, 1.165) is 74.5 Å². The molecule has 0 amide bonds. The molecule has 0 unspecified atom stereocenters. The Bertz CT molecular complexity index is 4790. The smallest absolute Gasteiger partial charge is 0.194 e. The van der Waals surface area contributed by atoms with Crippen LogP contribution < -0.4 is 0 Å². The number of nitrogens with zero attached hydrogens (tertiary/aromatic N) is 4. The van der Waals surface area contributed by atoms with E-state index in [0.29, 0.717) is 0 Å². The quantitative estimate of drug-likeness (QED) is 0.114. The Balaban J connectivity index is 0.000000219. The molecule has 0 spiro atoms. The van der Waals surface area contributed by atoms with Crippen LogP contribution in [0.5, 0.6) is 0 Å². The van der Waals surface area contributed by atoms with Crippen molar-refractivity contribution in [2.75, 3.05) is 0 Å². The first-order valence-corrected chi connectivity index (χ1v) is 43.7. The molecule has 2 aliphatic rings. The molecule has 15 rings (SSSR count). The molecular weight excluding hydrogens is 1430 g/mol. The van der Waals surface area contributed by atoms with Crippen LogP contribution in [0.4, 0.5) is 0 Å². The van der Waals surface area contributed by atoms with Gasteiger partial charge in [0.1, 0.15) is 11.6 Å². The summed E-state index contributed by atoms with van der Waals surface area (Å²) in [6.45, 7) is 46.1. The third kappa shape index (κ3) is 31.4. The average molecular weight is 1550 g/mol. The first-order chi connectivity index (χ1) is 52.2. The van der Waals surface area contributed by atoms with Gasteiger partial charge >= 0.3 is 0 Å².